The van der Waals surface area contributed by atoms with Crippen LogP contribution >= 0.6 is 0 Å². The smallest absolute Gasteiger partial charge is 0.325 e. The number of aromatic amines is 2. The standard InChI is InChI=1S/C17H27N5O3/c1-21-7-4-14(5-8-21)22-6-2-3-12(11-22)15(23)18-9-13-10-19-17(25)20-16(13)24/h10,12,14H,2-9,11H2,1H3,(H,18,23)(H2,19,20,24,25). The molecule has 1 unspecified atom stereocenters. The zero-order chi connectivity index (χ0) is 17.8. The molecule has 2 aliphatic rings. The van der Waals surface area contributed by atoms with Gasteiger partial charge in [-0.15, -0.1) is 0 Å². The van der Waals surface area contributed by atoms with E-state index in [9.17, 15) is 14.4 Å². The first-order valence-corrected chi connectivity index (χ1v) is 9.04. The molecule has 1 amide bonds. The predicted octanol–water partition coefficient (Wildman–Crippen LogP) is -0.514. The molecule has 1 aromatic heterocycles. The van der Waals surface area contributed by atoms with E-state index in [0.717, 1.165) is 51.9 Å². The van der Waals surface area contributed by atoms with Crippen LogP contribution in [-0.4, -0.2) is 64.9 Å². The van der Waals surface area contributed by atoms with E-state index in [4.69, 9.17) is 0 Å². The second kappa shape index (κ2) is 7.97. The number of nitrogens with zero attached hydrogens (tertiary/aromatic N) is 2. The molecule has 2 fully saturated rings. The largest absolute Gasteiger partial charge is 0.351 e. The summed E-state index contributed by atoms with van der Waals surface area (Å²) in [5, 5.41) is 2.84. The Morgan fingerprint density at radius 1 is 1.24 bits per heavy atom. The Kier molecular flexibility index (Phi) is 5.70. The van der Waals surface area contributed by atoms with Gasteiger partial charge in [0.25, 0.3) is 5.56 Å². The van der Waals surface area contributed by atoms with E-state index in [0.29, 0.717) is 11.6 Å². The number of nitrogens with one attached hydrogen (secondary N) is 3. The fourth-order valence-electron chi connectivity index (χ4n) is 3.81. The van der Waals surface area contributed by atoms with Gasteiger partial charge in [-0.3, -0.25) is 19.5 Å². The fraction of sp³-hybridized carbons (Fsp3) is 0.706. The molecule has 3 heterocycles. The predicted molar refractivity (Wildman–Crippen MR) is 94.3 cm³/mol. The number of carbonyl (C=O) groups excluding carboxylic acids is 1. The highest BCUT2D eigenvalue weighted by Crippen LogP contribution is 2.23. The number of likely N-dealkylation sites (tertiary alicyclic amines) is 2. The van der Waals surface area contributed by atoms with E-state index in [-0.39, 0.29) is 18.4 Å². The molecule has 138 valence electrons. The highest BCUT2D eigenvalue weighted by molar-refractivity contribution is 5.78. The Hall–Kier alpha value is -1.93. The molecule has 0 radical (unpaired) electrons. The summed E-state index contributed by atoms with van der Waals surface area (Å²) >= 11 is 0. The maximum atomic E-state index is 12.5. The molecule has 0 spiro atoms. The highest BCUT2D eigenvalue weighted by atomic mass is 16.2. The average Bonchev–Trinajstić information content (AvgIpc) is 2.61. The van der Waals surface area contributed by atoms with E-state index in [1.807, 2.05) is 0 Å². The zero-order valence-corrected chi connectivity index (χ0v) is 14.7. The van der Waals surface area contributed by atoms with Crippen molar-refractivity contribution in [3.05, 3.63) is 32.6 Å². The number of amides is 1. The summed E-state index contributed by atoms with van der Waals surface area (Å²) in [4.78, 5) is 44.6. The Morgan fingerprint density at radius 2 is 2.00 bits per heavy atom. The van der Waals surface area contributed by atoms with E-state index >= 15 is 0 Å². The van der Waals surface area contributed by atoms with Crippen molar-refractivity contribution >= 4 is 5.91 Å². The maximum absolute atomic E-state index is 12.5. The van der Waals surface area contributed by atoms with Gasteiger partial charge in [0.2, 0.25) is 5.91 Å². The number of hydrogen-bond donors (Lipinski definition) is 3. The summed E-state index contributed by atoms with van der Waals surface area (Å²) in [5.74, 6) is -0.0431. The minimum atomic E-state index is -0.541. The molecule has 3 N–H and O–H groups in total. The van der Waals surface area contributed by atoms with Crippen LogP contribution in [0.15, 0.2) is 15.8 Å². The van der Waals surface area contributed by atoms with Gasteiger partial charge >= 0.3 is 5.69 Å². The molecule has 0 bridgehead atoms. The van der Waals surface area contributed by atoms with Crippen LogP contribution in [0.1, 0.15) is 31.2 Å². The van der Waals surface area contributed by atoms with E-state index < -0.39 is 11.2 Å². The number of carbonyl (C=O) groups is 1. The number of rotatable bonds is 4. The van der Waals surface area contributed by atoms with Crippen molar-refractivity contribution in [3.63, 3.8) is 0 Å². The van der Waals surface area contributed by atoms with E-state index in [2.05, 4.69) is 32.1 Å². The van der Waals surface area contributed by atoms with Gasteiger partial charge in [0.1, 0.15) is 0 Å². The normalized spacial score (nSPS) is 23.5. The van der Waals surface area contributed by atoms with E-state index in [1.54, 1.807) is 0 Å². The van der Waals surface area contributed by atoms with Gasteiger partial charge in [-0.1, -0.05) is 0 Å². The van der Waals surface area contributed by atoms with Crippen LogP contribution in [0.3, 0.4) is 0 Å². The molecule has 8 nitrogen and oxygen atoms in total. The molecule has 0 aromatic carbocycles. The summed E-state index contributed by atoms with van der Waals surface area (Å²) in [6, 6.07) is 0.578. The summed E-state index contributed by atoms with van der Waals surface area (Å²) in [5.41, 5.74) is -0.641. The monoisotopic (exact) mass is 349 g/mol. The summed E-state index contributed by atoms with van der Waals surface area (Å²) in [6.07, 6.45) is 5.60. The van der Waals surface area contributed by atoms with Gasteiger partial charge in [-0.2, -0.15) is 0 Å². The summed E-state index contributed by atoms with van der Waals surface area (Å²) in [7, 11) is 2.15. The first-order valence-electron chi connectivity index (χ1n) is 9.04. The number of aromatic nitrogens is 2. The Bertz CT molecular complexity index is 705. The van der Waals surface area contributed by atoms with Gasteiger partial charge in [-0.05, 0) is 52.4 Å². The van der Waals surface area contributed by atoms with Crippen LogP contribution in [0.4, 0.5) is 0 Å². The zero-order valence-electron chi connectivity index (χ0n) is 14.7. The molecule has 0 saturated carbocycles. The molecule has 1 atom stereocenters. The molecular formula is C17H27N5O3. The van der Waals surface area contributed by atoms with Crippen LogP contribution in [-0.2, 0) is 11.3 Å². The third-order valence-electron chi connectivity index (χ3n) is 5.38. The minimum Gasteiger partial charge on any atom is -0.351 e. The van der Waals surface area contributed by atoms with Gasteiger partial charge in [0, 0.05) is 25.3 Å². The molecular weight excluding hydrogens is 322 g/mol. The van der Waals surface area contributed by atoms with Crippen molar-refractivity contribution in [2.75, 3.05) is 33.2 Å². The van der Waals surface area contributed by atoms with Crippen molar-refractivity contribution in [2.24, 2.45) is 5.92 Å². The van der Waals surface area contributed by atoms with Crippen molar-refractivity contribution in [2.45, 2.75) is 38.3 Å². The lowest BCUT2D eigenvalue weighted by atomic mass is 9.93. The second-order valence-corrected chi connectivity index (χ2v) is 7.18. The molecule has 0 aliphatic carbocycles. The molecule has 25 heavy (non-hydrogen) atoms. The maximum Gasteiger partial charge on any atom is 0.325 e. The summed E-state index contributed by atoms with van der Waals surface area (Å²) in [6.45, 7) is 4.23. The summed E-state index contributed by atoms with van der Waals surface area (Å²) < 4.78 is 0. The Labute approximate surface area is 146 Å². The van der Waals surface area contributed by atoms with Crippen LogP contribution < -0.4 is 16.6 Å². The Balaban J connectivity index is 1.53. The first kappa shape index (κ1) is 17.9. The molecule has 2 saturated heterocycles. The first-order chi connectivity index (χ1) is 12.0. The van der Waals surface area contributed by atoms with Crippen LogP contribution in [0.5, 0.6) is 0 Å². The lowest BCUT2D eigenvalue weighted by Gasteiger charge is -2.41. The van der Waals surface area contributed by atoms with Gasteiger partial charge in [-0.25, -0.2) is 4.79 Å². The molecule has 8 heteroatoms. The second-order valence-electron chi connectivity index (χ2n) is 7.18. The van der Waals surface area contributed by atoms with Crippen LogP contribution in [0.2, 0.25) is 0 Å². The van der Waals surface area contributed by atoms with Crippen molar-refractivity contribution in [1.82, 2.24) is 25.1 Å². The molecule has 1 aromatic rings. The minimum absolute atomic E-state index is 0.0109. The van der Waals surface area contributed by atoms with Crippen LogP contribution in [0, 0.1) is 5.92 Å². The highest BCUT2D eigenvalue weighted by Gasteiger charge is 2.31. The Morgan fingerprint density at radius 3 is 2.72 bits per heavy atom. The van der Waals surface area contributed by atoms with Crippen molar-refractivity contribution in [3.8, 4) is 0 Å². The van der Waals surface area contributed by atoms with Crippen LogP contribution in [0.25, 0.3) is 0 Å². The third kappa shape index (κ3) is 4.58. The van der Waals surface area contributed by atoms with Crippen molar-refractivity contribution < 1.29 is 4.79 Å². The third-order valence-corrected chi connectivity index (χ3v) is 5.38. The van der Waals surface area contributed by atoms with E-state index in [1.165, 1.54) is 6.20 Å². The number of hydrogen-bond acceptors (Lipinski definition) is 5. The molecule has 3 rings (SSSR count). The quantitative estimate of drug-likeness (QED) is 0.679. The molecule has 2 aliphatic heterocycles. The van der Waals surface area contributed by atoms with Gasteiger partial charge in [0.15, 0.2) is 0 Å². The lowest BCUT2D eigenvalue weighted by Crippen LogP contribution is -2.50. The van der Waals surface area contributed by atoms with Gasteiger partial charge in [0.05, 0.1) is 11.5 Å². The SMILES string of the molecule is CN1CCC(N2CCCC(C(=O)NCc3c[nH]c(=O)[nH]c3=O)C2)CC1. The topological polar surface area (TPSA) is 101 Å². The number of piperidine rings is 2. The fourth-order valence-corrected chi connectivity index (χ4v) is 3.81. The van der Waals surface area contributed by atoms with Gasteiger partial charge < -0.3 is 15.2 Å². The average molecular weight is 349 g/mol. The lowest BCUT2D eigenvalue weighted by molar-refractivity contribution is -0.127. The van der Waals surface area contributed by atoms with Crippen molar-refractivity contribution in [1.29, 1.82) is 0 Å². The number of H-pyrrole nitrogens is 2.